The first-order valence-corrected chi connectivity index (χ1v) is 14.9. The molecule has 10 aromatic rings. The minimum atomic E-state index is 0.908. The Morgan fingerprint density at radius 2 is 0.932 bits per heavy atom. The van der Waals surface area contributed by atoms with Crippen LogP contribution in [0.5, 0.6) is 0 Å². The van der Waals surface area contributed by atoms with Gasteiger partial charge in [0, 0.05) is 33.2 Å². The average molecular weight is 564 g/mol. The fourth-order valence-corrected chi connectivity index (χ4v) is 7.16. The van der Waals surface area contributed by atoms with Crippen molar-refractivity contribution < 1.29 is 0 Å². The molecule has 0 amide bonds. The molecule has 5 heteroatoms. The van der Waals surface area contributed by atoms with Gasteiger partial charge in [0.15, 0.2) is 0 Å². The highest BCUT2D eigenvalue weighted by atomic mass is 15.2. The smallest absolute Gasteiger partial charge is 0.220 e. The van der Waals surface area contributed by atoms with Crippen molar-refractivity contribution in [1.82, 2.24) is 23.1 Å². The van der Waals surface area contributed by atoms with Gasteiger partial charge >= 0.3 is 0 Å². The highest BCUT2D eigenvalue weighted by Crippen LogP contribution is 2.41. The summed E-state index contributed by atoms with van der Waals surface area (Å²) in [4.78, 5) is 5.12. The minimum Gasteiger partial charge on any atom is -0.295 e. The topological polar surface area (TPSA) is 32.1 Å². The van der Waals surface area contributed by atoms with Gasteiger partial charge in [-0.15, -0.1) is 0 Å². The zero-order valence-electron chi connectivity index (χ0n) is 23.7. The molecule has 6 aromatic carbocycles. The van der Waals surface area contributed by atoms with Gasteiger partial charge < -0.3 is 0 Å². The molecule has 0 bridgehead atoms. The quantitative estimate of drug-likeness (QED) is 0.211. The second kappa shape index (κ2) is 8.72. The molecule has 0 aliphatic carbocycles. The van der Waals surface area contributed by atoms with Crippen LogP contribution in [-0.4, -0.2) is 23.1 Å². The third-order valence-corrected chi connectivity index (χ3v) is 8.95. The molecule has 4 heterocycles. The zero-order chi connectivity index (χ0) is 28.8. The number of hydrogen-bond acceptors (Lipinski definition) is 1. The fraction of sp³-hybridized carbons (Fsp3) is 0. The normalized spacial score (nSPS) is 12.1. The number of hydrogen-bond donors (Lipinski definition) is 0. The molecule has 10 rings (SSSR count). The molecule has 0 radical (unpaired) electrons. The van der Waals surface area contributed by atoms with Gasteiger partial charge in [0.1, 0.15) is 5.65 Å². The van der Waals surface area contributed by atoms with Crippen LogP contribution in [0.15, 0.2) is 152 Å². The van der Waals surface area contributed by atoms with Crippen LogP contribution < -0.4 is 0 Å². The molecule has 0 aliphatic rings. The number of rotatable bonds is 3. The second-order valence-corrected chi connectivity index (χ2v) is 11.3. The van der Waals surface area contributed by atoms with Gasteiger partial charge in [-0.2, -0.15) is 0 Å². The Bertz CT molecular complexity index is 2700. The minimum absolute atomic E-state index is 0.908. The number of fused-ring (bicyclic) bond motifs is 10. The predicted octanol–water partition coefficient (Wildman–Crippen LogP) is 9.47. The van der Waals surface area contributed by atoms with E-state index in [4.69, 9.17) is 4.98 Å². The molecule has 44 heavy (non-hydrogen) atoms. The van der Waals surface area contributed by atoms with E-state index in [0.717, 1.165) is 50.6 Å². The third-order valence-electron chi connectivity index (χ3n) is 8.95. The largest absolute Gasteiger partial charge is 0.295 e. The molecule has 0 fully saturated rings. The Hall–Kier alpha value is -6.07. The molecule has 4 aromatic heterocycles. The number of para-hydroxylation sites is 6. The fourth-order valence-electron chi connectivity index (χ4n) is 7.16. The van der Waals surface area contributed by atoms with Gasteiger partial charge in [-0.25, -0.2) is 4.98 Å². The number of aromatic nitrogens is 5. The van der Waals surface area contributed by atoms with Gasteiger partial charge in [-0.05, 0) is 66.7 Å². The molecule has 5 nitrogen and oxygen atoms in total. The summed E-state index contributed by atoms with van der Waals surface area (Å²) in [6, 6.07) is 54.0. The van der Waals surface area contributed by atoms with E-state index in [1.54, 1.807) is 0 Å². The van der Waals surface area contributed by atoms with Crippen molar-refractivity contribution >= 4 is 60.7 Å². The average Bonchev–Trinajstić information content (AvgIpc) is 3.80. The van der Waals surface area contributed by atoms with Gasteiger partial charge in [0.2, 0.25) is 5.78 Å². The second-order valence-electron chi connectivity index (χ2n) is 11.3. The summed E-state index contributed by atoms with van der Waals surface area (Å²) in [5.41, 5.74) is 11.2. The first kappa shape index (κ1) is 23.5. The molecule has 0 saturated heterocycles. The van der Waals surface area contributed by atoms with Crippen molar-refractivity contribution in [3.63, 3.8) is 0 Å². The lowest BCUT2D eigenvalue weighted by Crippen LogP contribution is -2.01. The molecule has 0 unspecified atom stereocenters. The van der Waals surface area contributed by atoms with Crippen LogP contribution in [-0.2, 0) is 0 Å². The van der Waals surface area contributed by atoms with Crippen LogP contribution >= 0.6 is 0 Å². The first-order valence-electron chi connectivity index (χ1n) is 14.9. The van der Waals surface area contributed by atoms with E-state index in [1.165, 1.54) is 27.2 Å². The number of imidazole rings is 2. The van der Waals surface area contributed by atoms with E-state index >= 15 is 0 Å². The summed E-state index contributed by atoms with van der Waals surface area (Å²) >= 11 is 0. The molecular weight excluding hydrogens is 538 g/mol. The van der Waals surface area contributed by atoms with Crippen molar-refractivity contribution in [2.45, 2.75) is 0 Å². The van der Waals surface area contributed by atoms with Crippen LogP contribution in [0.4, 0.5) is 0 Å². The van der Waals surface area contributed by atoms with Crippen molar-refractivity contribution in [2.24, 2.45) is 0 Å². The number of benzene rings is 6. The first-order chi connectivity index (χ1) is 21.9. The predicted molar refractivity (Wildman–Crippen MR) is 181 cm³/mol. The lowest BCUT2D eigenvalue weighted by molar-refractivity contribution is 1.07. The summed E-state index contributed by atoms with van der Waals surface area (Å²) in [5.74, 6) is 0.908. The molecule has 0 saturated carbocycles. The van der Waals surface area contributed by atoms with Crippen LogP contribution in [0, 0.1) is 0 Å². The van der Waals surface area contributed by atoms with Crippen molar-refractivity contribution in [1.29, 1.82) is 0 Å². The lowest BCUT2D eigenvalue weighted by atomic mass is 10.1. The van der Waals surface area contributed by atoms with Crippen LogP contribution in [0.25, 0.3) is 77.7 Å². The molecule has 0 aliphatic heterocycles. The summed E-state index contributed by atoms with van der Waals surface area (Å²) in [6.07, 6.45) is 0. The van der Waals surface area contributed by atoms with Crippen LogP contribution in [0.3, 0.4) is 0 Å². The summed E-state index contributed by atoms with van der Waals surface area (Å²) < 4.78 is 9.41. The Morgan fingerprint density at radius 3 is 1.61 bits per heavy atom. The van der Waals surface area contributed by atoms with Gasteiger partial charge in [-0.3, -0.25) is 18.1 Å². The zero-order valence-corrected chi connectivity index (χ0v) is 23.7. The van der Waals surface area contributed by atoms with E-state index in [-0.39, 0.29) is 0 Å². The van der Waals surface area contributed by atoms with E-state index in [1.807, 2.05) is 0 Å². The molecule has 0 spiro atoms. The highest BCUT2D eigenvalue weighted by molar-refractivity contribution is 6.22. The van der Waals surface area contributed by atoms with E-state index < -0.39 is 0 Å². The molecule has 0 N–H and O–H groups in total. The Balaban J connectivity index is 1.38. The van der Waals surface area contributed by atoms with Crippen molar-refractivity contribution in [3.8, 4) is 17.1 Å². The van der Waals surface area contributed by atoms with E-state index in [2.05, 4.69) is 170 Å². The van der Waals surface area contributed by atoms with Crippen LogP contribution in [0.1, 0.15) is 0 Å². The maximum Gasteiger partial charge on any atom is 0.220 e. The Labute approximate surface area is 252 Å². The lowest BCUT2D eigenvalue weighted by Gasteiger charge is -2.13. The van der Waals surface area contributed by atoms with Gasteiger partial charge in [0.25, 0.3) is 0 Å². The summed E-state index contributed by atoms with van der Waals surface area (Å²) in [7, 11) is 0. The van der Waals surface area contributed by atoms with Crippen molar-refractivity contribution in [3.05, 3.63) is 152 Å². The summed E-state index contributed by atoms with van der Waals surface area (Å²) in [5, 5.41) is 3.76. The van der Waals surface area contributed by atoms with Crippen LogP contribution in [0.2, 0.25) is 0 Å². The Morgan fingerprint density at radius 1 is 0.386 bits per heavy atom. The number of nitrogens with zero attached hydrogens (tertiary/aromatic N) is 5. The van der Waals surface area contributed by atoms with Crippen molar-refractivity contribution in [2.75, 3.05) is 0 Å². The Kier molecular flexibility index (Phi) is 4.66. The maximum atomic E-state index is 5.12. The van der Waals surface area contributed by atoms with Gasteiger partial charge in [-0.1, -0.05) is 84.9 Å². The monoisotopic (exact) mass is 563 g/mol. The highest BCUT2D eigenvalue weighted by Gasteiger charge is 2.23. The summed E-state index contributed by atoms with van der Waals surface area (Å²) in [6.45, 7) is 0. The molecular formula is C39H25N5. The molecule has 0 atom stereocenters. The molecule has 206 valence electrons. The SMILES string of the molecule is c1ccc(-n2c3ccccc3c3c4ccccc4n(-c4ccc5c(c4)n4c6ccccc6nc4n5-c4ccccc4)c32)cc1. The third kappa shape index (κ3) is 3.05. The van der Waals surface area contributed by atoms with E-state index in [9.17, 15) is 0 Å². The standard InChI is InChI=1S/C39H25N5/c1-3-13-26(14-4-1)41-32-20-10-7-17-29(32)37-30-18-8-11-21-33(30)42(38(37)41)28-23-24-35-36(25-28)44-34-22-12-9-19-31(34)40-39(44)43(35)27-15-5-2-6-16-27/h1-25H. The van der Waals surface area contributed by atoms with Gasteiger partial charge in [0.05, 0.1) is 33.1 Å². The van der Waals surface area contributed by atoms with E-state index in [0.29, 0.717) is 0 Å². The maximum absolute atomic E-state index is 5.12.